The van der Waals surface area contributed by atoms with Crippen LogP contribution in [0.15, 0.2) is 24.3 Å². The Morgan fingerprint density at radius 1 is 1.22 bits per heavy atom. The van der Waals surface area contributed by atoms with Gasteiger partial charge in [0.15, 0.2) is 0 Å². The zero-order valence-electron chi connectivity index (χ0n) is 12.6. The van der Waals surface area contributed by atoms with Crippen molar-refractivity contribution in [1.29, 1.82) is 0 Å². The van der Waals surface area contributed by atoms with Crippen molar-refractivity contribution >= 4 is 5.97 Å². The van der Waals surface area contributed by atoms with Gasteiger partial charge in [-0.1, -0.05) is 41.4 Å². The lowest BCUT2D eigenvalue weighted by molar-refractivity contribution is 0.0687. The van der Waals surface area contributed by atoms with Gasteiger partial charge in [-0.05, 0) is 37.1 Å². The minimum absolute atomic E-state index is 0.0569. The Labute approximate surface area is 133 Å². The van der Waals surface area contributed by atoms with Gasteiger partial charge in [0.1, 0.15) is 5.75 Å². The van der Waals surface area contributed by atoms with E-state index in [0.29, 0.717) is 11.7 Å². The van der Waals surface area contributed by atoms with E-state index in [-0.39, 0.29) is 11.6 Å². The lowest BCUT2D eigenvalue weighted by Crippen LogP contribution is -2.03. The molecule has 0 radical (unpaired) electrons. The number of aromatic nitrogens is 3. The quantitative estimate of drug-likeness (QED) is 0.850. The molecule has 0 atom stereocenters. The van der Waals surface area contributed by atoms with Gasteiger partial charge in [0.25, 0.3) is 5.88 Å². The molecule has 2 N–H and O–H groups in total. The largest absolute Gasteiger partial charge is 0.476 e. The van der Waals surface area contributed by atoms with Crippen molar-refractivity contribution in [3.8, 4) is 23.5 Å². The zero-order valence-corrected chi connectivity index (χ0v) is 12.6. The van der Waals surface area contributed by atoms with Crippen LogP contribution in [-0.4, -0.2) is 26.5 Å². The standard InChI is InChI=1S/C17H17N3O3/c21-17(22)15-16(19-20-18-15)23-14-10-8-13(9-11-14)7-6-12-4-2-1-3-5-12/h8-12H,1-5H2,(H,21,22)(H,18,19,20). The van der Waals surface area contributed by atoms with Crippen molar-refractivity contribution < 1.29 is 14.6 Å². The molecule has 0 amide bonds. The molecule has 1 aliphatic carbocycles. The molecule has 1 aliphatic rings. The summed E-state index contributed by atoms with van der Waals surface area (Å²) in [4.78, 5) is 11.0. The van der Waals surface area contributed by atoms with E-state index in [1.165, 1.54) is 32.1 Å². The molecule has 1 fully saturated rings. The Balaban J connectivity index is 1.66. The smallest absolute Gasteiger partial charge is 0.359 e. The van der Waals surface area contributed by atoms with Crippen LogP contribution in [-0.2, 0) is 0 Å². The summed E-state index contributed by atoms with van der Waals surface area (Å²) in [6, 6.07) is 7.19. The third-order valence-corrected chi connectivity index (χ3v) is 3.83. The molecule has 6 heteroatoms. The summed E-state index contributed by atoms with van der Waals surface area (Å²) in [5.41, 5.74) is 0.743. The monoisotopic (exact) mass is 311 g/mol. The zero-order chi connectivity index (χ0) is 16.1. The molecular weight excluding hydrogens is 294 g/mol. The first-order chi connectivity index (χ1) is 11.2. The Kier molecular flexibility index (Phi) is 4.57. The van der Waals surface area contributed by atoms with Gasteiger partial charge >= 0.3 is 5.97 Å². The van der Waals surface area contributed by atoms with Gasteiger partial charge < -0.3 is 9.84 Å². The Morgan fingerprint density at radius 3 is 2.65 bits per heavy atom. The maximum absolute atomic E-state index is 11.0. The van der Waals surface area contributed by atoms with Crippen molar-refractivity contribution in [3.05, 3.63) is 35.5 Å². The van der Waals surface area contributed by atoms with Gasteiger partial charge in [-0.15, -0.1) is 0 Å². The fourth-order valence-electron chi connectivity index (χ4n) is 2.58. The second-order valence-corrected chi connectivity index (χ2v) is 5.53. The highest BCUT2D eigenvalue weighted by Crippen LogP contribution is 2.24. The number of aromatic carboxylic acids is 1. The number of hydrogen-bond donors (Lipinski definition) is 2. The van der Waals surface area contributed by atoms with Crippen LogP contribution in [0.1, 0.15) is 48.2 Å². The summed E-state index contributed by atoms with van der Waals surface area (Å²) < 4.78 is 5.43. The molecule has 2 aromatic rings. The number of carboxylic acids is 1. The molecule has 1 heterocycles. The average Bonchev–Trinajstić information content (AvgIpc) is 3.04. The number of carboxylic acid groups (broad SMARTS) is 1. The lowest BCUT2D eigenvalue weighted by Gasteiger charge is -2.15. The molecule has 0 aliphatic heterocycles. The van der Waals surface area contributed by atoms with Crippen LogP contribution in [0, 0.1) is 17.8 Å². The number of hydrogen-bond acceptors (Lipinski definition) is 4. The minimum Gasteiger partial charge on any atom is -0.476 e. The number of benzene rings is 1. The van der Waals surface area contributed by atoms with Gasteiger partial charge in [-0.2, -0.15) is 0 Å². The van der Waals surface area contributed by atoms with Crippen LogP contribution >= 0.6 is 0 Å². The van der Waals surface area contributed by atoms with E-state index >= 15 is 0 Å². The third kappa shape index (κ3) is 3.89. The molecule has 0 spiro atoms. The fraction of sp³-hybridized carbons (Fsp3) is 0.353. The summed E-state index contributed by atoms with van der Waals surface area (Å²) >= 11 is 0. The maximum atomic E-state index is 11.0. The predicted molar refractivity (Wildman–Crippen MR) is 83.3 cm³/mol. The van der Waals surface area contributed by atoms with E-state index in [1.54, 1.807) is 12.1 Å². The molecule has 1 saturated carbocycles. The van der Waals surface area contributed by atoms with E-state index < -0.39 is 5.97 Å². The number of H-pyrrole nitrogens is 1. The number of ether oxygens (including phenoxy) is 1. The first-order valence-electron chi connectivity index (χ1n) is 7.66. The summed E-state index contributed by atoms with van der Waals surface area (Å²) in [5.74, 6) is 6.30. The summed E-state index contributed by atoms with van der Waals surface area (Å²) in [5, 5.41) is 18.3. The highest BCUT2D eigenvalue weighted by atomic mass is 16.5. The van der Waals surface area contributed by atoms with E-state index in [1.807, 2.05) is 12.1 Å². The minimum atomic E-state index is -1.17. The second-order valence-electron chi connectivity index (χ2n) is 5.53. The molecule has 1 aromatic carbocycles. The third-order valence-electron chi connectivity index (χ3n) is 3.83. The Hall–Kier alpha value is -2.81. The van der Waals surface area contributed by atoms with Crippen molar-refractivity contribution in [2.45, 2.75) is 32.1 Å². The molecule has 118 valence electrons. The van der Waals surface area contributed by atoms with Crippen LogP contribution in [0.2, 0.25) is 0 Å². The molecule has 0 saturated heterocycles. The topological polar surface area (TPSA) is 88.1 Å². The maximum Gasteiger partial charge on any atom is 0.359 e. The highest BCUT2D eigenvalue weighted by molar-refractivity contribution is 5.87. The highest BCUT2D eigenvalue weighted by Gasteiger charge is 2.16. The van der Waals surface area contributed by atoms with E-state index in [9.17, 15) is 4.79 Å². The van der Waals surface area contributed by atoms with Crippen LogP contribution in [0.5, 0.6) is 11.6 Å². The first-order valence-corrected chi connectivity index (χ1v) is 7.66. The molecule has 6 nitrogen and oxygen atoms in total. The Bertz CT molecular complexity index is 734. The molecular formula is C17H17N3O3. The predicted octanol–water partition coefficient (Wildman–Crippen LogP) is 3.23. The SMILES string of the molecule is O=C(O)c1[nH]nnc1Oc1ccc(C#CC2CCCCC2)cc1. The number of carbonyl (C=O) groups is 1. The van der Waals surface area contributed by atoms with Crippen LogP contribution in [0.4, 0.5) is 0 Å². The van der Waals surface area contributed by atoms with Gasteiger partial charge in [-0.3, -0.25) is 0 Å². The van der Waals surface area contributed by atoms with E-state index in [0.717, 1.165) is 5.56 Å². The number of rotatable bonds is 3. The Morgan fingerprint density at radius 2 is 1.96 bits per heavy atom. The summed E-state index contributed by atoms with van der Waals surface area (Å²) in [7, 11) is 0. The molecule has 0 unspecified atom stereocenters. The fourth-order valence-corrected chi connectivity index (χ4v) is 2.58. The van der Waals surface area contributed by atoms with Crippen molar-refractivity contribution in [2.24, 2.45) is 5.92 Å². The molecule has 23 heavy (non-hydrogen) atoms. The van der Waals surface area contributed by atoms with Crippen molar-refractivity contribution in [2.75, 3.05) is 0 Å². The molecule has 0 bridgehead atoms. The summed E-state index contributed by atoms with van der Waals surface area (Å²) in [6.07, 6.45) is 6.26. The van der Waals surface area contributed by atoms with Gasteiger partial charge in [0.05, 0.1) is 0 Å². The first kappa shape index (κ1) is 15.1. The van der Waals surface area contributed by atoms with Crippen LogP contribution in [0.3, 0.4) is 0 Å². The number of nitrogens with zero attached hydrogens (tertiary/aromatic N) is 2. The number of aromatic amines is 1. The average molecular weight is 311 g/mol. The number of nitrogens with one attached hydrogen (secondary N) is 1. The van der Waals surface area contributed by atoms with Crippen molar-refractivity contribution in [3.63, 3.8) is 0 Å². The van der Waals surface area contributed by atoms with E-state index in [4.69, 9.17) is 9.84 Å². The normalized spacial score (nSPS) is 14.8. The molecule has 1 aromatic heterocycles. The van der Waals surface area contributed by atoms with Crippen LogP contribution < -0.4 is 4.74 Å². The van der Waals surface area contributed by atoms with Crippen molar-refractivity contribution in [1.82, 2.24) is 15.4 Å². The summed E-state index contributed by atoms with van der Waals surface area (Å²) in [6.45, 7) is 0. The van der Waals surface area contributed by atoms with E-state index in [2.05, 4.69) is 27.3 Å². The van der Waals surface area contributed by atoms with Crippen LogP contribution in [0.25, 0.3) is 0 Å². The molecule has 3 rings (SSSR count). The van der Waals surface area contributed by atoms with Gasteiger partial charge in [0.2, 0.25) is 5.69 Å². The lowest BCUT2D eigenvalue weighted by atomic mass is 9.90. The van der Waals surface area contributed by atoms with Gasteiger partial charge in [-0.25, -0.2) is 9.89 Å². The second kappa shape index (κ2) is 6.97. The van der Waals surface area contributed by atoms with Gasteiger partial charge in [0, 0.05) is 11.5 Å².